The van der Waals surface area contributed by atoms with Gasteiger partial charge in [0.1, 0.15) is 5.82 Å². The van der Waals surface area contributed by atoms with Crippen molar-refractivity contribution in [3.05, 3.63) is 59.8 Å². The van der Waals surface area contributed by atoms with Gasteiger partial charge in [0.2, 0.25) is 0 Å². The van der Waals surface area contributed by atoms with Crippen LogP contribution >= 0.6 is 0 Å². The number of anilines is 1. The van der Waals surface area contributed by atoms with E-state index < -0.39 is 0 Å². The van der Waals surface area contributed by atoms with E-state index in [1.807, 2.05) is 49.5 Å². The molecule has 1 amide bonds. The molecule has 0 bridgehead atoms. The molecule has 2 rings (SSSR count). The maximum absolute atomic E-state index is 12.5. The highest BCUT2D eigenvalue weighted by Crippen LogP contribution is 2.10. The lowest BCUT2D eigenvalue weighted by atomic mass is 10.2. The molecule has 1 heterocycles. The van der Waals surface area contributed by atoms with Gasteiger partial charge in [-0.2, -0.15) is 0 Å². The van der Waals surface area contributed by atoms with Crippen molar-refractivity contribution in [3.8, 4) is 0 Å². The third-order valence-corrected chi connectivity index (χ3v) is 3.71. The number of rotatable bonds is 8. The van der Waals surface area contributed by atoms with Crippen LogP contribution in [0.3, 0.4) is 0 Å². The smallest absolute Gasteiger partial charge is 0.255 e. The van der Waals surface area contributed by atoms with Crippen LogP contribution in [0.15, 0.2) is 48.7 Å². The second-order valence-electron chi connectivity index (χ2n) is 6.16. The van der Waals surface area contributed by atoms with Gasteiger partial charge in [-0.3, -0.25) is 4.79 Å². The van der Waals surface area contributed by atoms with Crippen LogP contribution in [0.2, 0.25) is 0 Å². The molecule has 1 aromatic carbocycles. The van der Waals surface area contributed by atoms with Crippen LogP contribution in [0, 0.1) is 0 Å². The van der Waals surface area contributed by atoms with E-state index >= 15 is 0 Å². The Balaban J connectivity index is 1.86. The first-order chi connectivity index (χ1) is 11.6. The lowest BCUT2D eigenvalue weighted by molar-refractivity contribution is 0.0784. The van der Waals surface area contributed by atoms with Gasteiger partial charge in [0.25, 0.3) is 5.91 Å². The highest BCUT2D eigenvalue weighted by Gasteiger charge is 2.12. The van der Waals surface area contributed by atoms with Crippen LogP contribution in [0.1, 0.15) is 22.3 Å². The van der Waals surface area contributed by atoms with Crippen LogP contribution in [0.4, 0.5) is 5.82 Å². The first-order valence-electron chi connectivity index (χ1n) is 8.20. The van der Waals surface area contributed by atoms with E-state index in [4.69, 9.17) is 0 Å². The number of hydrogen-bond donors (Lipinski definition) is 1. The molecule has 128 valence electrons. The molecule has 0 aliphatic heterocycles. The number of carbonyl (C=O) groups excluding carboxylic acids is 1. The molecule has 0 aliphatic rings. The minimum Gasteiger partial charge on any atom is -0.370 e. The normalized spacial score (nSPS) is 10.7. The Hall–Kier alpha value is -2.40. The monoisotopic (exact) mass is 326 g/mol. The number of carbonyl (C=O) groups is 1. The van der Waals surface area contributed by atoms with Gasteiger partial charge in [-0.1, -0.05) is 30.3 Å². The molecule has 0 saturated carbocycles. The largest absolute Gasteiger partial charge is 0.370 e. The first kappa shape index (κ1) is 17.9. The maximum atomic E-state index is 12.5. The van der Waals surface area contributed by atoms with E-state index in [0.717, 1.165) is 30.9 Å². The zero-order valence-electron chi connectivity index (χ0n) is 14.7. The van der Waals surface area contributed by atoms with E-state index in [1.54, 1.807) is 11.1 Å². The fourth-order valence-corrected chi connectivity index (χ4v) is 2.39. The number of nitrogens with zero attached hydrogens (tertiary/aromatic N) is 3. The molecule has 24 heavy (non-hydrogen) atoms. The number of nitrogens with one attached hydrogen (secondary N) is 1. The lowest BCUT2D eigenvalue weighted by Gasteiger charge is -2.17. The van der Waals surface area contributed by atoms with Gasteiger partial charge < -0.3 is 15.1 Å². The number of pyridine rings is 1. The van der Waals surface area contributed by atoms with Crippen LogP contribution < -0.4 is 5.32 Å². The molecule has 0 aliphatic carbocycles. The topological polar surface area (TPSA) is 48.5 Å². The molecule has 2 aromatic rings. The molecular formula is C19H26N4O. The second kappa shape index (κ2) is 9.03. The fourth-order valence-electron chi connectivity index (χ4n) is 2.39. The summed E-state index contributed by atoms with van der Waals surface area (Å²) in [5.41, 5.74) is 1.72. The Morgan fingerprint density at radius 1 is 1.08 bits per heavy atom. The van der Waals surface area contributed by atoms with Gasteiger partial charge in [-0.25, -0.2) is 4.98 Å². The van der Waals surface area contributed by atoms with Crippen molar-refractivity contribution in [3.63, 3.8) is 0 Å². The molecule has 0 unspecified atom stereocenters. The van der Waals surface area contributed by atoms with Crippen LogP contribution in [-0.4, -0.2) is 54.9 Å². The highest BCUT2D eigenvalue weighted by molar-refractivity contribution is 5.93. The van der Waals surface area contributed by atoms with Gasteiger partial charge in [0.05, 0.1) is 5.56 Å². The fraction of sp³-hybridized carbons (Fsp3) is 0.368. The SMILES string of the molecule is CN(C)CCCNc1ccc(C(=O)N(C)Cc2ccccc2)cn1. The summed E-state index contributed by atoms with van der Waals surface area (Å²) in [5.74, 6) is 0.779. The molecule has 1 aromatic heterocycles. The summed E-state index contributed by atoms with van der Waals surface area (Å²) in [4.78, 5) is 20.6. The van der Waals surface area contributed by atoms with Gasteiger partial charge in [0, 0.05) is 26.3 Å². The molecule has 1 N–H and O–H groups in total. The van der Waals surface area contributed by atoms with Crippen molar-refractivity contribution < 1.29 is 4.79 Å². The zero-order valence-corrected chi connectivity index (χ0v) is 14.7. The summed E-state index contributed by atoms with van der Waals surface area (Å²) in [6, 6.07) is 13.6. The number of aromatic nitrogens is 1. The molecule has 0 radical (unpaired) electrons. The van der Waals surface area contributed by atoms with E-state index in [9.17, 15) is 4.79 Å². The molecule has 0 saturated heterocycles. The molecule has 0 atom stereocenters. The highest BCUT2D eigenvalue weighted by atomic mass is 16.2. The van der Waals surface area contributed by atoms with Crippen molar-refractivity contribution in [1.29, 1.82) is 0 Å². The number of hydrogen-bond acceptors (Lipinski definition) is 4. The van der Waals surface area contributed by atoms with Gasteiger partial charge >= 0.3 is 0 Å². The Morgan fingerprint density at radius 3 is 2.46 bits per heavy atom. The third-order valence-electron chi connectivity index (χ3n) is 3.71. The van der Waals surface area contributed by atoms with E-state index in [1.165, 1.54) is 0 Å². The number of benzene rings is 1. The Kier molecular flexibility index (Phi) is 6.75. The first-order valence-corrected chi connectivity index (χ1v) is 8.20. The van der Waals surface area contributed by atoms with Crippen molar-refractivity contribution >= 4 is 11.7 Å². The minimum atomic E-state index is -0.0227. The van der Waals surface area contributed by atoms with E-state index in [2.05, 4.69) is 29.3 Å². The van der Waals surface area contributed by atoms with Crippen LogP contribution in [-0.2, 0) is 6.54 Å². The van der Waals surface area contributed by atoms with Crippen molar-refractivity contribution in [2.75, 3.05) is 39.5 Å². The van der Waals surface area contributed by atoms with Gasteiger partial charge in [-0.15, -0.1) is 0 Å². The van der Waals surface area contributed by atoms with Crippen molar-refractivity contribution in [2.45, 2.75) is 13.0 Å². The van der Waals surface area contributed by atoms with E-state index in [-0.39, 0.29) is 5.91 Å². The standard InChI is InChI=1S/C19H26N4O/c1-22(2)13-7-12-20-18-11-10-17(14-21-18)19(24)23(3)15-16-8-5-4-6-9-16/h4-6,8-11,14H,7,12-13,15H2,1-3H3,(H,20,21). The summed E-state index contributed by atoms with van der Waals surface area (Å²) >= 11 is 0. The quantitative estimate of drug-likeness (QED) is 0.758. The maximum Gasteiger partial charge on any atom is 0.255 e. The van der Waals surface area contributed by atoms with Crippen LogP contribution in [0.5, 0.6) is 0 Å². The van der Waals surface area contributed by atoms with Gasteiger partial charge in [-0.05, 0) is 44.8 Å². The Morgan fingerprint density at radius 2 is 1.83 bits per heavy atom. The predicted molar refractivity (Wildman–Crippen MR) is 98.1 cm³/mol. The average molecular weight is 326 g/mol. The summed E-state index contributed by atoms with van der Waals surface area (Å²) < 4.78 is 0. The van der Waals surface area contributed by atoms with E-state index in [0.29, 0.717) is 12.1 Å². The third kappa shape index (κ3) is 5.66. The van der Waals surface area contributed by atoms with Crippen molar-refractivity contribution in [2.24, 2.45) is 0 Å². The Labute approximate surface area is 144 Å². The lowest BCUT2D eigenvalue weighted by Crippen LogP contribution is -2.26. The summed E-state index contributed by atoms with van der Waals surface area (Å²) in [5, 5.41) is 3.27. The average Bonchev–Trinajstić information content (AvgIpc) is 2.59. The Bertz CT molecular complexity index is 626. The van der Waals surface area contributed by atoms with Crippen molar-refractivity contribution in [1.82, 2.24) is 14.8 Å². The molecule has 0 spiro atoms. The summed E-state index contributed by atoms with van der Waals surface area (Å²) in [6.45, 7) is 2.49. The number of amides is 1. The molecule has 5 heteroatoms. The zero-order chi connectivity index (χ0) is 17.4. The predicted octanol–water partition coefficient (Wildman–Crippen LogP) is 2.72. The second-order valence-corrected chi connectivity index (χ2v) is 6.16. The molecule has 0 fully saturated rings. The van der Waals surface area contributed by atoms with Crippen LogP contribution in [0.25, 0.3) is 0 Å². The molecule has 5 nitrogen and oxygen atoms in total. The minimum absolute atomic E-state index is 0.0227. The molecular weight excluding hydrogens is 300 g/mol. The van der Waals surface area contributed by atoms with Gasteiger partial charge in [0.15, 0.2) is 0 Å². The summed E-state index contributed by atoms with van der Waals surface area (Å²) in [6.07, 6.45) is 2.69. The summed E-state index contributed by atoms with van der Waals surface area (Å²) in [7, 11) is 5.93.